The predicted octanol–water partition coefficient (Wildman–Crippen LogP) is 3.37. The van der Waals surface area contributed by atoms with Gasteiger partial charge in [-0.3, -0.25) is 4.79 Å². The van der Waals surface area contributed by atoms with Crippen molar-refractivity contribution in [3.63, 3.8) is 0 Å². The third-order valence-corrected chi connectivity index (χ3v) is 5.08. The van der Waals surface area contributed by atoms with Crippen LogP contribution in [0.1, 0.15) is 44.7 Å². The van der Waals surface area contributed by atoms with E-state index in [1.54, 1.807) is 4.90 Å². The predicted molar refractivity (Wildman–Crippen MR) is 107 cm³/mol. The van der Waals surface area contributed by atoms with Crippen molar-refractivity contribution in [2.75, 3.05) is 32.8 Å². The van der Waals surface area contributed by atoms with Crippen molar-refractivity contribution < 1.29 is 14.3 Å². The second-order valence-corrected chi connectivity index (χ2v) is 7.26. The van der Waals surface area contributed by atoms with Gasteiger partial charge < -0.3 is 20.3 Å². The Balaban J connectivity index is 1.70. The van der Waals surface area contributed by atoms with Gasteiger partial charge in [-0.1, -0.05) is 23.7 Å². The molecule has 1 aliphatic heterocycles. The average Bonchev–Trinajstić information content (AvgIpc) is 2.68. The lowest BCUT2D eigenvalue weighted by Crippen LogP contribution is -2.47. The number of nitrogens with zero attached hydrogens (tertiary/aromatic N) is 1. The standard InChI is InChI=1S/C20H30ClN3O3/c1-3-27-14-4-11-22-19(25)17-9-12-24(13-10-17)20(26)23-15(2)16-5-7-18(21)8-6-16/h5-8,15,17H,3-4,9-14H2,1-2H3,(H,22,25)(H,23,26). The van der Waals surface area contributed by atoms with Crippen molar-refractivity contribution in [2.24, 2.45) is 5.92 Å². The van der Waals surface area contributed by atoms with E-state index in [1.807, 2.05) is 38.1 Å². The lowest BCUT2D eigenvalue weighted by Gasteiger charge is -2.32. The molecule has 27 heavy (non-hydrogen) atoms. The number of likely N-dealkylation sites (tertiary alicyclic amines) is 1. The van der Waals surface area contributed by atoms with Crippen molar-refractivity contribution in [1.82, 2.24) is 15.5 Å². The van der Waals surface area contributed by atoms with Crippen LogP contribution in [0.2, 0.25) is 5.02 Å². The molecule has 1 atom stereocenters. The monoisotopic (exact) mass is 395 g/mol. The highest BCUT2D eigenvalue weighted by atomic mass is 35.5. The molecule has 2 rings (SSSR count). The summed E-state index contributed by atoms with van der Waals surface area (Å²) >= 11 is 5.90. The minimum absolute atomic E-state index is 0.0187. The molecule has 1 fully saturated rings. The van der Waals surface area contributed by atoms with Crippen molar-refractivity contribution in [3.05, 3.63) is 34.9 Å². The SMILES string of the molecule is CCOCCCNC(=O)C1CCN(C(=O)NC(C)c2ccc(Cl)cc2)CC1. The summed E-state index contributed by atoms with van der Waals surface area (Å²) in [4.78, 5) is 26.5. The minimum Gasteiger partial charge on any atom is -0.382 e. The molecule has 1 aromatic rings. The largest absolute Gasteiger partial charge is 0.382 e. The van der Waals surface area contributed by atoms with E-state index in [-0.39, 0.29) is 23.9 Å². The van der Waals surface area contributed by atoms with Crippen LogP contribution < -0.4 is 10.6 Å². The third-order valence-electron chi connectivity index (χ3n) is 4.83. The number of nitrogens with one attached hydrogen (secondary N) is 2. The van der Waals surface area contributed by atoms with E-state index in [2.05, 4.69) is 10.6 Å². The van der Waals surface area contributed by atoms with Crippen molar-refractivity contribution in [1.29, 1.82) is 0 Å². The highest BCUT2D eigenvalue weighted by molar-refractivity contribution is 6.30. The van der Waals surface area contributed by atoms with Crippen LogP contribution in [-0.2, 0) is 9.53 Å². The molecule has 0 saturated carbocycles. The number of carbonyl (C=O) groups excluding carboxylic acids is 2. The summed E-state index contributed by atoms with van der Waals surface area (Å²) in [6, 6.07) is 7.27. The molecule has 1 aromatic carbocycles. The summed E-state index contributed by atoms with van der Waals surface area (Å²) < 4.78 is 5.26. The quantitative estimate of drug-likeness (QED) is 0.663. The van der Waals surface area contributed by atoms with Crippen LogP contribution in [0.4, 0.5) is 4.79 Å². The van der Waals surface area contributed by atoms with Gasteiger partial charge in [0.05, 0.1) is 6.04 Å². The number of carbonyl (C=O) groups is 2. The minimum atomic E-state index is -0.0962. The zero-order chi connectivity index (χ0) is 19.6. The molecule has 0 aliphatic carbocycles. The van der Waals surface area contributed by atoms with Crippen LogP contribution in [0.15, 0.2) is 24.3 Å². The van der Waals surface area contributed by atoms with Gasteiger partial charge in [0.25, 0.3) is 0 Å². The molecule has 0 spiro atoms. The molecule has 1 saturated heterocycles. The van der Waals surface area contributed by atoms with Gasteiger partial charge in [0.1, 0.15) is 0 Å². The smallest absolute Gasteiger partial charge is 0.317 e. The number of hydrogen-bond donors (Lipinski definition) is 2. The first kappa shape index (κ1) is 21.5. The summed E-state index contributed by atoms with van der Waals surface area (Å²) in [6.45, 7) is 7.10. The Morgan fingerprint density at radius 2 is 1.93 bits per heavy atom. The van der Waals surface area contributed by atoms with Crippen molar-refractivity contribution in [2.45, 2.75) is 39.2 Å². The number of benzene rings is 1. The number of amides is 3. The number of ether oxygens (including phenoxy) is 1. The van der Waals surface area contributed by atoms with Crippen LogP contribution in [0, 0.1) is 5.92 Å². The number of hydrogen-bond acceptors (Lipinski definition) is 3. The number of halogens is 1. The highest BCUT2D eigenvalue weighted by Crippen LogP contribution is 2.19. The Hall–Kier alpha value is -1.79. The first-order valence-corrected chi connectivity index (χ1v) is 10.1. The Morgan fingerprint density at radius 1 is 1.26 bits per heavy atom. The Morgan fingerprint density at radius 3 is 2.56 bits per heavy atom. The average molecular weight is 396 g/mol. The second-order valence-electron chi connectivity index (χ2n) is 6.83. The van der Waals surface area contributed by atoms with E-state index in [4.69, 9.17) is 16.3 Å². The van der Waals surface area contributed by atoms with Crippen molar-refractivity contribution >= 4 is 23.5 Å². The van der Waals surface area contributed by atoms with Crippen LogP contribution in [0.3, 0.4) is 0 Å². The molecular weight excluding hydrogens is 366 g/mol. The van der Waals surface area contributed by atoms with Crippen LogP contribution in [0.5, 0.6) is 0 Å². The van der Waals surface area contributed by atoms with E-state index in [0.29, 0.717) is 50.7 Å². The lowest BCUT2D eigenvalue weighted by atomic mass is 9.96. The van der Waals surface area contributed by atoms with E-state index in [1.165, 1.54) is 0 Å². The fourth-order valence-electron chi connectivity index (χ4n) is 3.13. The van der Waals surface area contributed by atoms with Crippen LogP contribution >= 0.6 is 11.6 Å². The Kier molecular flexibility index (Phi) is 8.88. The molecule has 1 heterocycles. The number of urea groups is 1. The lowest BCUT2D eigenvalue weighted by molar-refractivity contribution is -0.126. The van der Waals surface area contributed by atoms with E-state index >= 15 is 0 Å². The summed E-state index contributed by atoms with van der Waals surface area (Å²) in [5.74, 6) is 0.0657. The fourth-order valence-corrected chi connectivity index (χ4v) is 3.26. The molecule has 0 aromatic heterocycles. The fraction of sp³-hybridized carbons (Fsp3) is 0.600. The first-order chi connectivity index (χ1) is 13.0. The summed E-state index contributed by atoms with van der Waals surface area (Å²) in [5, 5.41) is 6.65. The number of rotatable bonds is 8. The maximum absolute atomic E-state index is 12.5. The molecule has 0 bridgehead atoms. The van der Waals surface area contributed by atoms with Gasteiger partial charge in [0.15, 0.2) is 0 Å². The highest BCUT2D eigenvalue weighted by Gasteiger charge is 2.27. The van der Waals surface area contributed by atoms with Crippen LogP contribution in [0.25, 0.3) is 0 Å². The zero-order valence-corrected chi connectivity index (χ0v) is 16.9. The molecule has 0 radical (unpaired) electrons. The number of piperidine rings is 1. The molecule has 150 valence electrons. The Labute approximate surface area is 166 Å². The van der Waals surface area contributed by atoms with Gasteiger partial charge in [-0.2, -0.15) is 0 Å². The first-order valence-electron chi connectivity index (χ1n) is 9.67. The van der Waals surface area contributed by atoms with Gasteiger partial charge in [0.2, 0.25) is 5.91 Å². The topological polar surface area (TPSA) is 70.7 Å². The molecule has 1 aliphatic rings. The van der Waals surface area contributed by atoms with Gasteiger partial charge in [-0.05, 0) is 50.8 Å². The normalized spacial score (nSPS) is 16.0. The van der Waals surface area contributed by atoms with E-state index in [9.17, 15) is 9.59 Å². The molecule has 7 heteroatoms. The van der Waals surface area contributed by atoms with Crippen molar-refractivity contribution in [3.8, 4) is 0 Å². The molecule has 3 amide bonds. The zero-order valence-electron chi connectivity index (χ0n) is 16.2. The summed E-state index contributed by atoms with van der Waals surface area (Å²) in [5.41, 5.74) is 1.01. The molecule has 2 N–H and O–H groups in total. The maximum atomic E-state index is 12.5. The van der Waals surface area contributed by atoms with Gasteiger partial charge in [-0.15, -0.1) is 0 Å². The molecule has 6 nitrogen and oxygen atoms in total. The van der Waals surface area contributed by atoms with Gasteiger partial charge >= 0.3 is 6.03 Å². The van der Waals surface area contributed by atoms with E-state index < -0.39 is 0 Å². The Bertz CT molecular complexity index is 601. The third kappa shape index (κ3) is 7.03. The molecule has 1 unspecified atom stereocenters. The van der Waals surface area contributed by atoms with Gasteiger partial charge in [-0.25, -0.2) is 4.79 Å². The summed E-state index contributed by atoms with van der Waals surface area (Å²) in [6.07, 6.45) is 2.21. The van der Waals surface area contributed by atoms with Gasteiger partial charge in [0, 0.05) is 43.8 Å². The van der Waals surface area contributed by atoms with E-state index in [0.717, 1.165) is 12.0 Å². The molecular formula is C20H30ClN3O3. The maximum Gasteiger partial charge on any atom is 0.317 e. The summed E-state index contributed by atoms with van der Waals surface area (Å²) in [7, 11) is 0. The second kappa shape index (κ2) is 11.1. The van der Waals surface area contributed by atoms with Crippen LogP contribution in [-0.4, -0.2) is 49.7 Å².